The van der Waals surface area contributed by atoms with E-state index in [9.17, 15) is 10.1 Å². The van der Waals surface area contributed by atoms with E-state index in [1.165, 1.54) is 0 Å². The summed E-state index contributed by atoms with van der Waals surface area (Å²) in [5, 5.41) is 9.24. The molecule has 0 amide bonds. The van der Waals surface area contributed by atoms with Crippen LogP contribution < -0.4 is 0 Å². The Bertz CT molecular complexity index is 706. The maximum atomic E-state index is 12.3. The van der Waals surface area contributed by atoms with Gasteiger partial charge < -0.3 is 0 Å². The lowest BCUT2D eigenvalue weighted by Gasteiger charge is -2.04. The summed E-state index contributed by atoms with van der Waals surface area (Å²) in [6.07, 6.45) is 1.66. The normalized spacial score (nSPS) is 10.9. The molecular formula is C18H15NO. The SMILES string of the molecule is Cc1ccc(C)c(C=C(C#N)C(=O)c2ccccc2)c1. The maximum absolute atomic E-state index is 12.3. The van der Waals surface area contributed by atoms with Gasteiger partial charge in [0.25, 0.3) is 0 Å². The van der Waals surface area contributed by atoms with Crippen molar-refractivity contribution in [3.05, 3.63) is 76.4 Å². The summed E-state index contributed by atoms with van der Waals surface area (Å²) in [5.41, 5.74) is 3.75. The molecule has 0 saturated carbocycles. The van der Waals surface area contributed by atoms with E-state index in [1.807, 2.05) is 44.2 Å². The van der Waals surface area contributed by atoms with Gasteiger partial charge in [-0.2, -0.15) is 5.26 Å². The highest BCUT2D eigenvalue weighted by molar-refractivity contribution is 6.14. The molecule has 0 radical (unpaired) electrons. The van der Waals surface area contributed by atoms with Crippen molar-refractivity contribution in [1.29, 1.82) is 5.26 Å². The third-order valence-electron chi connectivity index (χ3n) is 3.14. The molecule has 0 fully saturated rings. The summed E-state index contributed by atoms with van der Waals surface area (Å²) in [6.45, 7) is 3.95. The molecule has 0 unspecified atom stereocenters. The summed E-state index contributed by atoms with van der Waals surface area (Å²) in [7, 11) is 0. The fourth-order valence-electron chi connectivity index (χ4n) is 1.96. The van der Waals surface area contributed by atoms with Crippen molar-refractivity contribution in [2.75, 3.05) is 0 Å². The number of Topliss-reactive ketones (excluding diaryl/α,β-unsaturated/α-hetero) is 1. The molecule has 2 rings (SSSR count). The van der Waals surface area contributed by atoms with Gasteiger partial charge in [-0.05, 0) is 31.1 Å². The predicted octanol–water partition coefficient (Wildman–Crippen LogP) is 4.09. The zero-order valence-electron chi connectivity index (χ0n) is 11.6. The standard InChI is InChI=1S/C18H15NO/c1-13-8-9-14(2)16(10-13)11-17(12-19)18(20)15-6-4-3-5-7-15/h3-11H,1-2H3. The number of carbonyl (C=O) groups is 1. The molecule has 20 heavy (non-hydrogen) atoms. The van der Waals surface area contributed by atoms with Crippen LogP contribution in [0.1, 0.15) is 27.0 Å². The Morgan fingerprint density at radius 2 is 1.80 bits per heavy atom. The number of nitriles is 1. The van der Waals surface area contributed by atoms with Crippen molar-refractivity contribution in [2.24, 2.45) is 0 Å². The third-order valence-corrected chi connectivity index (χ3v) is 3.14. The molecule has 0 atom stereocenters. The third kappa shape index (κ3) is 3.02. The first-order valence-electron chi connectivity index (χ1n) is 6.40. The topological polar surface area (TPSA) is 40.9 Å². The van der Waals surface area contributed by atoms with Crippen molar-refractivity contribution in [2.45, 2.75) is 13.8 Å². The quantitative estimate of drug-likeness (QED) is 0.474. The number of rotatable bonds is 3. The minimum Gasteiger partial charge on any atom is -0.288 e. The Morgan fingerprint density at radius 1 is 1.10 bits per heavy atom. The zero-order valence-corrected chi connectivity index (χ0v) is 11.6. The lowest BCUT2D eigenvalue weighted by molar-refractivity contribution is 0.104. The predicted molar refractivity (Wildman–Crippen MR) is 80.3 cm³/mol. The van der Waals surface area contributed by atoms with E-state index in [1.54, 1.807) is 30.3 Å². The van der Waals surface area contributed by atoms with Crippen LogP contribution in [0.3, 0.4) is 0 Å². The number of allylic oxidation sites excluding steroid dienone is 1. The lowest BCUT2D eigenvalue weighted by Crippen LogP contribution is -2.01. The molecule has 0 bridgehead atoms. The smallest absolute Gasteiger partial charge is 0.203 e. The van der Waals surface area contributed by atoms with Crippen LogP contribution in [0.25, 0.3) is 6.08 Å². The highest BCUT2D eigenvalue weighted by atomic mass is 16.1. The highest BCUT2D eigenvalue weighted by Crippen LogP contribution is 2.17. The van der Waals surface area contributed by atoms with Crippen molar-refractivity contribution in [1.82, 2.24) is 0 Å². The molecule has 0 saturated heterocycles. The fourth-order valence-corrected chi connectivity index (χ4v) is 1.96. The molecule has 0 N–H and O–H groups in total. The van der Waals surface area contributed by atoms with Crippen LogP contribution in [-0.4, -0.2) is 5.78 Å². The summed E-state index contributed by atoms with van der Waals surface area (Å²) in [6, 6.07) is 16.9. The van der Waals surface area contributed by atoms with Crippen LogP contribution in [0, 0.1) is 25.2 Å². The van der Waals surface area contributed by atoms with E-state index in [0.717, 1.165) is 16.7 Å². The number of carbonyl (C=O) groups excluding carboxylic acids is 1. The summed E-state index contributed by atoms with van der Waals surface area (Å²) >= 11 is 0. The molecule has 0 aliphatic rings. The van der Waals surface area contributed by atoms with Gasteiger partial charge in [-0.15, -0.1) is 0 Å². The van der Waals surface area contributed by atoms with E-state index >= 15 is 0 Å². The number of nitrogens with zero attached hydrogens (tertiary/aromatic N) is 1. The largest absolute Gasteiger partial charge is 0.288 e. The molecule has 0 heterocycles. The zero-order chi connectivity index (χ0) is 14.5. The first kappa shape index (κ1) is 13.8. The maximum Gasteiger partial charge on any atom is 0.203 e. The fraction of sp³-hybridized carbons (Fsp3) is 0.111. The van der Waals surface area contributed by atoms with Gasteiger partial charge in [-0.3, -0.25) is 4.79 Å². The van der Waals surface area contributed by atoms with E-state index < -0.39 is 0 Å². The van der Waals surface area contributed by atoms with Crippen LogP contribution in [0.2, 0.25) is 0 Å². The summed E-state index contributed by atoms with van der Waals surface area (Å²) < 4.78 is 0. The van der Waals surface area contributed by atoms with Gasteiger partial charge in [0.05, 0.1) is 0 Å². The lowest BCUT2D eigenvalue weighted by atomic mass is 9.99. The van der Waals surface area contributed by atoms with E-state index in [4.69, 9.17) is 0 Å². The van der Waals surface area contributed by atoms with E-state index in [-0.39, 0.29) is 11.4 Å². The van der Waals surface area contributed by atoms with Crippen molar-refractivity contribution < 1.29 is 4.79 Å². The highest BCUT2D eigenvalue weighted by Gasteiger charge is 2.12. The molecule has 2 nitrogen and oxygen atoms in total. The molecule has 98 valence electrons. The second-order valence-electron chi connectivity index (χ2n) is 4.73. The summed E-state index contributed by atoms with van der Waals surface area (Å²) in [5.74, 6) is -0.242. The van der Waals surface area contributed by atoms with Gasteiger partial charge in [-0.1, -0.05) is 54.1 Å². The van der Waals surface area contributed by atoms with Crippen LogP contribution in [0.5, 0.6) is 0 Å². The number of hydrogen-bond acceptors (Lipinski definition) is 2. The second kappa shape index (κ2) is 5.99. The van der Waals surface area contributed by atoms with Crippen molar-refractivity contribution in [3.8, 4) is 6.07 Å². The second-order valence-corrected chi connectivity index (χ2v) is 4.73. The van der Waals surface area contributed by atoms with Gasteiger partial charge in [0, 0.05) is 5.56 Å². The molecule has 2 heteroatoms. The molecule has 2 aromatic carbocycles. The Morgan fingerprint density at radius 3 is 2.45 bits per heavy atom. The molecular weight excluding hydrogens is 246 g/mol. The Hall–Kier alpha value is -2.66. The van der Waals surface area contributed by atoms with Crippen molar-refractivity contribution >= 4 is 11.9 Å². The first-order valence-corrected chi connectivity index (χ1v) is 6.40. The molecule has 0 aliphatic carbocycles. The van der Waals surface area contributed by atoms with Crippen molar-refractivity contribution in [3.63, 3.8) is 0 Å². The minimum atomic E-state index is -0.242. The molecule has 0 aromatic heterocycles. The average molecular weight is 261 g/mol. The van der Waals surface area contributed by atoms with Crippen LogP contribution >= 0.6 is 0 Å². The Balaban J connectivity index is 2.43. The Labute approximate surface area is 119 Å². The molecule has 2 aromatic rings. The van der Waals surface area contributed by atoms with Gasteiger partial charge in [0.2, 0.25) is 5.78 Å². The molecule has 0 aliphatic heterocycles. The number of benzene rings is 2. The average Bonchev–Trinajstić information content (AvgIpc) is 2.48. The van der Waals surface area contributed by atoms with E-state index in [0.29, 0.717) is 5.56 Å². The minimum absolute atomic E-state index is 0.157. The monoisotopic (exact) mass is 261 g/mol. The van der Waals surface area contributed by atoms with Crippen LogP contribution in [0.4, 0.5) is 0 Å². The van der Waals surface area contributed by atoms with Gasteiger partial charge in [-0.25, -0.2) is 0 Å². The summed E-state index contributed by atoms with van der Waals surface area (Å²) in [4.78, 5) is 12.3. The number of hydrogen-bond donors (Lipinski definition) is 0. The first-order chi connectivity index (χ1) is 9.61. The molecule has 0 spiro atoms. The number of aryl methyl sites for hydroxylation is 2. The van der Waals surface area contributed by atoms with Crippen LogP contribution in [0.15, 0.2) is 54.1 Å². The Kier molecular flexibility index (Phi) is 4.12. The number of ketones is 1. The van der Waals surface area contributed by atoms with E-state index in [2.05, 4.69) is 0 Å². The van der Waals surface area contributed by atoms with Gasteiger partial charge in [0.15, 0.2) is 0 Å². The van der Waals surface area contributed by atoms with Gasteiger partial charge in [0.1, 0.15) is 11.6 Å². The van der Waals surface area contributed by atoms with Gasteiger partial charge >= 0.3 is 0 Å². The van der Waals surface area contributed by atoms with Crippen LogP contribution in [-0.2, 0) is 0 Å².